The average molecular weight is 229 g/mol. The van der Waals surface area contributed by atoms with E-state index in [9.17, 15) is 0 Å². The highest BCUT2D eigenvalue weighted by atomic mass is 16.5. The quantitative estimate of drug-likeness (QED) is 0.598. The molecule has 2 nitrogen and oxygen atoms in total. The van der Waals surface area contributed by atoms with Crippen LogP contribution in [0.4, 0.5) is 0 Å². The van der Waals surface area contributed by atoms with Gasteiger partial charge in [-0.1, -0.05) is 18.2 Å². The van der Waals surface area contributed by atoms with Gasteiger partial charge < -0.3 is 10.1 Å². The van der Waals surface area contributed by atoms with Gasteiger partial charge in [0.25, 0.3) is 0 Å². The number of hydrogen-bond donors (Lipinski definition) is 1. The zero-order chi connectivity index (χ0) is 11.9. The molecule has 1 unspecified atom stereocenters. The van der Waals surface area contributed by atoms with Gasteiger partial charge in [-0.05, 0) is 25.5 Å². The molecule has 1 aliphatic heterocycles. The second-order valence-corrected chi connectivity index (χ2v) is 4.41. The summed E-state index contributed by atoms with van der Waals surface area (Å²) in [5.41, 5.74) is 1.34. The summed E-state index contributed by atoms with van der Waals surface area (Å²) in [4.78, 5) is 0. The Morgan fingerprint density at radius 2 is 2.24 bits per heavy atom. The third-order valence-electron chi connectivity index (χ3n) is 3.11. The molecular formula is C15H19NO. The van der Waals surface area contributed by atoms with Gasteiger partial charge in [-0.3, -0.25) is 0 Å². The Morgan fingerprint density at radius 3 is 3.12 bits per heavy atom. The van der Waals surface area contributed by atoms with E-state index in [-0.39, 0.29) is 0 Å². The highest BCUT2D eigenvalue weighted by molar-refractivity contribution is 5.39. The van der Waals surface area contributed by atoms with Crippen molar-refractivity contribution in [2.75, 3.05) is 19.7 Å². The molecule has 2 heteroatoms. The van der Waals surface area contributed by atoms with Crippen LogP contribution in [-0.2, 0) is 0 Å². The summed E-state index contributed by atoms with van der Waals surface area (Å²) in [6.07, 6.45) is 8.36. The van der Waals surface area contributed by atoms with Crippen LogP contribution in [0.25, 0.3) is 0 Å². The van der Waals surface area contributed by atoms with E-state index in [0.717, 1.165) is 44.7 Å². The second kappa shape index (κ2) is 6.32. The van der Waals surface area contributed by atoms with E-state index in [1.807, 2.05) is 12.1 Å². The Bertz CT molecular complexity index is 394. The Kier molecular flexibility index (Phi) is 4.46. The van der Waals surface area contributed by atoms with Gasteiger partial charge in [0.2, 0.25) is 0 Å². The van der Waals surface area contributed by atoms with Crippen LogP contribution in [0.2, 0.25) is 0 Å². The Labute approximate surface area is 103 Å². The number of nitrogens with one attached hydrogen (secondary N) is 1. The molecule has 0 bridgehead atoms. The summed E-state index contributed by atoms with van der Waals surface area (Å²) in [6.45, 7) is 2.84. The van der Waals surface area contributed by atoms with Crippen LogP contribution in [0.15, 0.2) is 24.3 Å². The maximum absolute atomic E-state index is 5.64. The molecule has 0 spiro atoms. The molecule has 0 fully saturated rings. The molecule has 0 amide bonds. The fourth-order valence-electron chi connectivity index (χ4n) is 2.15. The number of terminal acetylenes is 1. The Hall–Kier alpha value is -1.46. The molecule has 1 aromatic carbocycles. The molecule has 0 aromatic heterocycles. The molecule has 1 aromatic rings. The number of rotatable bonds is 6. The van der Waals surface area contributed by atoms with Crippen LogP contribution >= 0.6 is 0 Å². The van der Waals surface area contributed by atoms with Crippen LogP contribution in [-0.4, -0.2) is 19.7 Å². The maximum Gasteiger partial charge on any atom is 0.122 e. The minimum absolute atomic E-state index is 0.499. The van der Waals surface area contributed by atoms with Gasteiger partial charge in [0.1, 0.15) is 5.75 Å². The number of hydrogen-bond acceptors (Lipinski definition) is 2. The Balaban J connectivity index is 1.70. The largest absolute Gasteiger partial charge is 0.493 e. The lowest BCUT2D eigenvalue weighted by molar-refractivity contribution is 0.326. The first-order chi connectivity index (χ1) is 8.42. The lowest BCUT2D eigenvalue weighted by atomic mass is 10.0. The molecule has 1 N–H and O–H groups in total. The number of benzene rings is 1. The van der Waals surface area contributed by atoms with Crippen molar-refractivity contribution in [3.05, 3.63) is 29.8 Å². The van der Waals surface area contributed by atoms with Gasteiger partial charge in [-0.15, -0.1) is 12.3 Å². The highest BCUT2D eigenvalue weighted by Gasteiger charge is 2.22. The number of unbranched alkanes of at least 4 members (excludes halogenated alkanes) is 2. The van der Waals surface area contributed by atoms with Crippen molar-refractivity contribution < 1.29 is 4.74 Å². The molecule has 1 heterocycles. The van der Waals surface area contributed by atoms with Crippen molar-refractivity contribution >= 4 is 0 Å². The van der Waals surface area contributed by atoms with E-state index < -0.39 is 0 Å². The highest BCUT2D eigenvalue weighted by Crippen LogP contribution is 2.32. The average Bonchev–Trinajstić information content (AvgIpc) is 2.77. The maximum atomic E-state index is 5.64. The summed E-state index contributed by atoms with van der Waals surface area (Å²) < 4.78 is 5.64. The van der Waals surface area contributed by atoms with Gasteiger partial charge in [-0.25, -0.2) is 0 Å². The first-order valence-electron chi connectivity index (χ1n) is 6.27. The lowest BCUT2D eigenvalue weighted by Crippen LogP contribution is -2.23. The van der Waals surface area contributed by atoms with Crippen molar-refractivity contribution in [2.24, 2.45) is 0 Å². The lowest BCUT2D eigenvalue weighted by Gasteiger charge is -2.09. The van der Waals surface area contributed by atoms with Gasteiger partial charge in [0.15, 0.2) is 0 Å². The normalized spacial score (nSPS) is 17.2. The molecule has 17 heavy (non-hydrogen) atoms. The summed E-state index contributed by atoms with van der Waals surface area (Å²) in [6, 6.07) is 8.30. The van der Waals surface area contributed by atoms with E-state index in [1.54, 1.807) is 0 Å². The number of para-hydroxylation sites is 1. The third-order valence-corrected chi connectivity index (χ3v) is 3.11. The second-order valence-electron chi connectivity index (χ2n) is 4.41. The first kappa shape index (κ1) is 12.0. The topological polar surface area (TPSA) is 21.3 Å². The molecule has 90 valence electrons. The van der Waals surface area contributed by atoms with Crippen molar-refractivity contribution in [1.29, 1.82) is 0 Å². The molecule has 0 saturated carbocycles. The molecule has 1 aliphatic rings. The summed E-state index contributed by atoms with van der Waals surface area (Å²) >= 11 is 0. The van der Waals surface area contributed by atoms with E-state index in [1.165, 1.54) is 5.56 Å². The predicted molar refractivity (Wildman–Crippen MR) is 70.2 cm³/mol. The smallest absolute Gasteiger partial charge is 0.122 e. The number of ether oxygens (including phenoxy) is 1. The summed E-state index contributed by atoms with van der Waals surface area (Å²) in [5, 5.41) is 3.48. The van der Waals surface area contributed by atoms with Gasteiger partial charge in [-0.2, -0.15) is 0 Å². The van der Waals surface area contributed by atoms with Gasteiger partial charge >= 0.3 is 0 Å². The molecule has 0 aliphatic carbocycles. The third kappa shape index (κ3) is 3.25. The van der Waals surface area contributed by atoms with Gasteiger partial charge in [0, 0.05) is 24.4 Å². The molecule has 0 saturated heterocycles. The van der Waals surface area contributed by atoms with E-state index in [4.69, 9.17) is 11.2 Å². The van der Waals surface area contributed by atoms with Crippen LogP contribution in [0.1, 0.15) is 30.7 Å². The zero-order valence-electron chi connectivity index (χ0n) is 10.1. The fraction of sp³-hybridized carbons (Fsp3) is 0.467. The SMILES string of the molecule is C#CCCCCNCC1COc2ccccc21. The van der Waals surface area contributed by atoms with E-state index in [2.05, 4.69) is 23.4 Å². The van der Waals surface area contributed by atoms with Crippen LogP contribution in [0.5, 0.6) is 5.75 Å². The standard InChI is InChI=1S/C15H19NO/c1-2-3-4-7-10-16-11-13-12-17-15-9-6-5-8-14(13)15/h1,5-6,8-9,13,16H,3-4,7,10-12H2. The number of fused-ring (bicyclic) bond motifs is 1. The van der Waals surface area contributed by atoms with Crippen molar-refractivity contribution in [2.45, 2.75) is 25.2 Å². The first-order valence-corrected chi connectivity index (χ1v) is 6.27. The molecule has 2 rings (SSSR count). The zero-order valence-corrected chi connectivity index (χ0v) is 10.1. The molecule has 0 radical (unpaired) electrons. The van der Waals surface area contributed by atoms with Crippen molar-refractivity contribution in [1.82, 2.24) is 5.32 Å². The predicted octanol–water partition coefficient (Wildman–Crippen LogP) is 2.56. The van der Waals surface area contributed by atoms with Crippen LogP contribution in [0.3, 0.4) is 0 Å². The Morgan fingerprint density at radius 1 is 1.35 bits per heavy atom. The van der Waals surface area contributed by atoms with Crippen LogP contribution < -0.4 is 10.1 Å². The summed E-state index contributed by atoms with van der Waals surface area (Å²) in [5.74, 6) is 4.21. The van der Waals surface area contributed by atoms with Crippen molar-refractivity contribution in [3.63, 3.8) is 0 Å². The van der Waals surface area contributed by atoms with E-state index in [0.29, 0.717) is 5.92 Å². The van der Waals surface area contributed by atoms with Crippen LogP contribution in [0, 0.1) is 12.3 Å². The minimum atomic E-state index is 0.499. The van der Waals surface area contributed by atoms with Crippen molar-refractivity contribution in [3.8, 4) is 18.1 Å². The minimum Gasteiger partial charge on any atom is -0.493 e. The summed E-state index contributed by atoms with van der Waals surface area (Å²) in [7, 11) is 0. The fourth-order valence-corrected chi connectivity index (χ4v) is 2.15. The van der Waals surface area contributed by atoms with E-state index >= 15 is 0 Å². The molecule has 1 atom stereocenters. The molecular weight excluding hydrogens is 210 g/mol. The van der Waals surface area contributed by atoms with Gasteiger partial charge in [0.05, 0.1) is 6.61 Å². The monoisotopic (exact) mass is 229 g/mol.